The standard InChI is InChI=1S/C8H8N4O2S3/c9-5-1-2-6(7(3-5)17(10,13)14)15-8-11-4-12-16-8/h1-4H,9H2,(H2,10,13,14). The van der Waals surface area contributed by atoms with Crippen molar-refractivity contribution in [2.75, 3.05) is 5.73 Å². The number of sulfonamides is 1. The minimum Gasteiger partial charge on any atom is -0.399 e. The molecule has 2 rings (SSSR count). The van der Waals surface area contributed by atoms with Crippen molar-refractivity contribution in [3.8, 4) is 0 Å². The lowest BCUT2D eigenvalue weighted by atomic mass is 10.3. The summed E-state index contributed by atoms with van der Waals surface area (Å²) in [5.74, 6) is 0. The zero-order valence-corrected chi connectivity index (χ0v) is 10.8. The molecule has 0 aliphatic carbocycles. The number of primary sulfonamides is 1. The number of hydrogen-bond acceptors (Lipinski definition) is 7. The van der Waals surface area contributed by atoms with Gasteiger partial charge in [-0.1, -0.05) is 11.8 Å². The maximum atomic E-state index is 11.4. The number of nitrogen functional groups attached to an aromatic ring is 1. The minimum atomic E-state index is -3.80. The Morgan fingerprint density at radius 2 is 2.12 bits per heavy atom. The summed E-state index contributed by atoms with van der Waals surface area (Å²) in [5.41, 5.74) is 5.89. The van der Waals surface area contributed by atoms with Gasteiger partial charge >= 0.3 is 0 Å². The number of hydrogen-bond donors (Lipinski definition) is 2. The van der Waals surface area contributed by atoms with Crippen LogP contribution in [0.25, 0.3) is 0 Å². The van der Waals surface area contributed by atoms with Crippen LogP contribution >= 0.6 is 23.3 Å². The number of nitrogens with two attached hydrogens (primary N) is 2. The van der Waals surface area contributed by atoms with Crippen LogP contribution in [-0.2, 0) is 10.0 Å². The third-order valence-electron chi connectivity index (χ3n) is 1.81. The normalized spacial score (nSPS) is 11.6. The zero-order valence-electron chi connectivity index (χ0n) is 8.40. The summed E-state index contributed by atoms with van der Waals surface area (Å²) in [7, 11) is -3.80. The van der Waals surface area contributed by atoms with Gasteiger partial charge in [0.2, 0.25) is 10.0 Å². The second-order valence-electron chi connectivity index (χ2n) is 3.06. The van der Waals surface area contributed by atoms with Crippen molar-refractivity contribution in [1.82, 2.24) is 9.36 Å². The van der Waals surface area contributed by atoms with Crippen LogP contribution in [0.15, 0.2) is 38.7 Å². The van der Waals surface area contributed by atoms with Crippen LogP contribution in [0.3, 0.4) is 0 Å². The summed E-state index contributed by atoms with van der Waals surface area (Å²) in [6.07, 6.45) is 1.40. The van der Waals surface area contributed by atoms with E-state index in [4.69, 9.17) is 10.9 Å². The molecule has 0 atom stereocenters. The molecule has 0 bridgehead atoms. The van der Waals surface area contributed by atoms with E-state index in [0.717, 1.165) is 0 Å². The van der Waals surface area contributed by atoms with Crippen molar-refractivity contribution in [1.29, 1.82) is 0 Å². The molecule has 2 aromatic rings. The van der Waals surface area contributed by atoms with E-state index in [1.54, 1.807) is 12.1 Å². The molecule has 9 heteroatoms. The Labute approximate surface area is 106 Å². The predicted octanol–water partition coefficient (Wildman–Crippen LogP) is 0.919. The van der Waals surface area contributed by atoms with E-state index in [2.05, 4.69) is 9.36 Å². The van der Waals surface area contributed by atoms with Crippen LogP contribution in [0.2, 0.25) is 0 Å². The van der Waals surface area contributed by atoms with Crippen LogP contribution in [0.5, 0.6) is 0 Å². The first-order chi connectivity index (χ1) is 7.97. The van der Waals surface area contributed by atoms with E-state index in [9.17, 15) is 8.42 Å². The van der Waals surface area contributed by atoms with Crippen LogP contribution in [-0.4, -0.2) is 17.8 Å². The van der Waals surface area contributed by atoms with Gasteiger partial charge in [0, 0.05) is 10.6 Å². The highest BCUT2D eigenvalue weighted by molar-refractivity contribution is 8.01. The van der Waals surface area contributed by atoms with Crippen molar-refractivity contribution < 1.29 is 8.42 Å². The van der Waals surface area contributed by atoms with E-state index in [1.807, 2.05) is 0 Å². The highest BCUT2D eigenvalue weighted by Gasteiger charge is 2.16. The molecule has 0 spiro atoms. The molecule has 0 unspecified atom stereocenters. The molecule has 0 saturated heterocycles. The van der Waals surface area contributed by atoms with E-state index in [0.29, 0.717) is 14.9 Å². The summed E-state index contributed by atoms with van der Waals surface area (Å²) in [5, 5.41) is 5.13. The average Bonchev–Trinajstić information content (AvgIpc) is 2.72. The molecule has 0 aliphatic heterocycles. The van der Waals surface area contributed by atoms with Crippen LogP contribution in [0.1, 0.15) is 0 Å². The van der Waals surface area contributed by atoms with Gasteiger partial charge < -0.3 is 5.73 Å². The van der Waals surface area contributed by atoms with Gasteiger partial charge in [0.25, 0.3) is 0 Å². The molecular weight excluding hydrogens is 280 g/mol. The van der Waals surface area contributed by atoms with Gasteiger partial charge in [0.15, 0.2) is 4.34 Å². The molecule has 1 aromatic carbocycles. The van der Waals surface area contributed by atoms with Gasteiger partial charge in [-0.25, -0.2) is 18.5 Å². The van der Waals surface area contributed by atoms with Gasteiger partial charge in [-0.2, -0.15) is 4.37 Å². The molecule has 17 heavy (non-hydrogen) atoms. The molecule has 0 saturated carbocycles. The lowest BCUT2D eigenvalue weighted by Crippen LogP contribution is -2.13. The highest BCUT2D eigenvalue weighted by Crippen LogP contribution is 2.33. The lowest BCUT2D eigenvalue weighted by Gasteiger charge is -2.06. The number of anilines is 1. The van der Waals surface area contributed by atoms with Gasteiger partial charge in [-0.3, -0.25) is 0 Å². The average molecular weight is 288 g/mol. The molecule has 0 aliphatic rings. The first-order valence-corrected chi connectivity index (χ1v) is 7.47. The van der Waals surface area contributed by atoms with Crippen molar-refractivity contribution in [3.63, 3.8) is 0 Å². The van der Waals surface area contributed by atoms with E-state index < -0.39 is 10.0 Å². The SMILES string of the molecule is Nc1ccc(Sc2ncns2)c(S(N)(=O)=O)c1. The first-order valence-electron chi connectivity index (χ1n) is 4.33. The van der Waals surface area contributed by atoms with Gasteiger partial charge in [-0.15, -0.1) is 0 Å². The Hall–Kier alpha value is -1.16. The van der Waals surface area contributed by atoms with Crippen LogP contribution in [0, 0.1) is 0 Å². The second kappa shape index (κ2) is 4.61. The maximum Gasteiger partial charge on any atom is 0.239 e. The Kier molecular flexibility index (Phi) is 3.33. The van der Waals surface area contributed by atoms with Gasteiger partial charge in [0.1, 0.15) is 6.33 Å². The monoisotopic (exact) mass is 288 g/mol. The molecule has 4 N–H and O–H groups in total. The highest BCUT2D eigenvalue weighted by atomic mass is 32.2. The predicted molar refractivity (Wildman–Crippen MR) is 66.3 cm³/mol. The Balaban J connectivity index is 2.47. The summed E-state index contributed by atoms with van der Waals surface area (Å²) in [4.78, 5) is 4.44. The second-order valence-corrected chi connectivity index (χ2v) is 6.66. The molecule has 1 heterocycles. The van der Waals surface area contributed by atoms with E-state index >= 15 is 0 Å². The van der Waals surface area contributed by atoms with Crippen LogP contribution < -0.4 is 10.9 Å². The smallest absolute Gasteiger partial charge is 0.239 e. The van der Waals surface area contributed by atoms with Gasteiger partial charge in [0.05, 0.1) is 4.90 Å². The van der Waals surface area contributed by atoms with E-state index in [-0.39, 0.29) is 4.90 Å². The minimum absolute atomic E-state index is 0.00213. The number of rotatable bonds is 3. The summed E-state index contributed by atoms with van der Waals surface area (Å²) < 4.78 is 27.3. The largest absolute Gasteiger partial charge is 0.399 e. The lowest BCUT2D eigenvalue weighted by molar-refractivity contribution is 0.596. The fourth-order valence-electron chi connectivity index (χ4n) is 1.13. The maximum absolute atomic E-state index is 11.4. The third-order valence-corrected chi connectivity index (χ3v) is 4.68. The van der Waals surface area contributed by atoms with Gasteiger partial charge in [-0.05, 0) is 29.7 Å². The molecular formula is C8H8N4O2S3. The van der Waals surface area contributed by atoms with Crippen LogP contribution in [0.4, 0.5) is 5.69 Å². The Bertz CT molecular complexity index is 624. The Morgan fingerprint density at radius 3 is 2.71 bits per heavy atom. The van der Waals surface area contributed by atoms with E-state index in [1.165, 1.54) is 35.7 Å². The summed E-state index contributed by atoms with van der Waals surface area (Å²) in [6.45, 7) is 0. The number of benzene rings is 1. The quantitative estimate of drug-likeness (QED) is 0.812. The molecule has 90 valence electrons. The summed E-state index contributed by atoms with van der Waals surface area (Å²) >= 11 is 2.36. The van der Waals surface area contributed by atoms with Crippen molar-refractivity contribution in [2.45, 2.75) is 14.1 Å². The molecule has 0 amide bonds. The molecule has 1 aromatic heterocycles. The topological polar surface area (TPSA) is 112 Å². The van der Waals surface area contributed by atoms with Crippen molar-refractivity contribution >= 4 is 39.0 Å². The third kappa shape index (κ3) is 2.94. The Morgan fingerprint density at radius 1 is 1.35 bits per heavy atom. The molecule has 0 fully saturated rings. The number of aromatic nitrogens is 2. The summed E-state index contributed by atoms with van der Waals surface area (Å²) in [6, 6.07) is 4.54. The fraction of sp³-hybridized carbons (Fsp3) is 0. The molecule has 0 radical (unpaired) electrons. The van der Waals surface area contributed by atoms with Crippen molar-refractivity contribution in [3.05, 3.63) is 24.5 Å². The molecule has 6 nitrogen and oxygen atoms in total. The zero-order chi connectivity index (χ0) is 12.5. The fourth-order valence-corrected chi connectivity index (χ4v) is 3.67. The first kappa shape index (κ1) is 12.3. The number of nitrogens with zero attached hydrogens (tertiary/aromatic N) is 2. The van der Waals surface area contributed by atoms with Crippen molar-refractivity contribution in [2.24, 2.45) is 5.14 Å².